The van der Waals surface area contributed by atoms with Crippen molar-refractivity contribution < 1.29 is 4.74 Å². The monoisotopic (exact) mass is 280 g/mol. The SMILES string of the molecule is CN1CCc2cc(CNc3ccc4c(c3)CCO4)ccc21. The molecule has 0 saturated carbocycles. The molecule has 21 heavy (non-hydrogen) atoms. The van der Waals surface area contributed by atoms with Gasteiger partial charge in [0.15, 0.2) is 0 Å². The van der Waals surface area contributed by atoms with Gasteiger partial charge in [-0.2, -0.15) is 0 Å². The summed E-state index contributed by atoms with van der Waals surface area (Å²) in [5.41, 5.74) is 6.70. The van der Waals surface area contributed by atoms with E-state index in [-0.39, 0.29) is 0 Å². The summed E-state index contributed by atoms with van der Waals surface area (Å²) < 4.78 is 5.54. The van der Waals surface area contributed by atoms with Crippen LogP contribution in [0.2, 0.25) is 0 Å². The van der Waals surface area contributed by atoms with Crippen molar-refractivity contribution in [2.75, 3.05) is 30.4 Å². The molecule has 3 nitrogen and oxygen atoms in total. The molecule has 2 heterocycles. The van der Waals surface area contributed by atoms with Crippen LogP contribution < -0.4 is 15.0 Å². The minimum Gasteiger partial charge on any atom is -0.493 e. The van der Waals surface area contributed by atoms with Gasteiger partial charge in [0.2, 0.25) is 0 Å². The van der Waals surface area contributed by atoms with Crippen molar-refractivity contribution in [3.63, 3.8) is 0 Å². The fourth-order valence-corrected chi connectivity index (χ4v) is 3.23. The zero-order valence-corrected chi connectivity index (χ0v) is 12.4. The molecule has 108 valence electrons. The van der Waals surface area contributed by atoms with Crippen LogP contribution in [0.4, 0.5) is 11.4 Å². The fraction of sp³-hybridized carbons (Fsp3) is 0.333. The normalized spacial score (nSPS) is 15.6. The summed E-state index contributed by atoms with van der Waals surface area (Å²) in [5.74, 6) is 1.04. The van der Waals surface area contributed by atoms with E-state index in [0.29, 0.717) is 0 Å². The Labute approximate surface area is 125 Å². The van der Waals surface area contributed by atoms with Gasteiger partial charge in [-0.25, -0.2) is 0 Å². The summed E-state index contributed by atoms with van der Waals surface area (Å²) >= 11 is 0. The standard InChI is InChI=1S/C18H20N2O/c1-20-8-6-14-10-13(2-4-17(14)20)12-19-16-3-5-18-15(11-16)7-9-21-18/h2-5,10-11,19H,6-9,12H2,1H3. The van der Waals surface area contributed by atoms with Crippen molar-refractivity contribution >= 4 is 11.4 Å². The van der Waals surface area contributed by atoms with Crippen molar-refractivity contribution in [1.29, 1.82) is 0 Å². The highest BCUT2D eigenvalue weighted by molar-refractivity contribution is 5.59. The summed E-state index contributed by atoms with van der Waals surface area (Å²) in [6.07, 6.45) is 2.19. The first-order chi connectivity index (χ1) is 10.3. The van der Waals surface area contributed by atoms with Crippen molar-refractivity contribution in [1.82, 2.24) is 0 Å². The molecule has 0 atom stereocenters. The van der Waals surface area contributed by atoms with E-state index < -0.39 is 0 Å². The fourth-order valence-electron chi connectivity index (χ4n) is 3.23. The molecule has 4 rings (SSSR count). The second-order valence-electron chi connectivity index (χ2n) is 5.91. The Morgan fingerprint density at radius 2 is 2.05 bits per heavy atom. The third-order valence-electron chi connectivity index (χ3n) is 4.46. The Morgan fingerprint density at radius 3 is 3.00 bits per heavy atom. The number of nitrogens with one attached hydrogen (secondary N) is 1. The van der Waals surface area contributed by atoms with Crippen LogP contribution in [0.1, 0.15) is 16.7 Å². The smallest absolute Gasteiger partial charge is 0.122 e. The molecule has 2 aliphatic heterocycles. The third kappa shape index (κ3) is 2.33. The molecule has 2 aromatic rings. The van der Waals surface area contributed by atoms with E-state index in [4.69, 9.17) is 4.74 Å². The van der Waals surface area contributed by atoms with E-state index in [2.05, 4.69) is 53.7 Å². The first-order valence-corrected chi connectivity index (χ1v) is 7.62. The van der Waals surface area contributed by atoms with Crippen LogP contribution in [0, 0.1) is 0 Å². The lowest BCUT2D eigenvalue weighted by Gasteiger charge is -2.13. The first-order valence-electron chi connectivity index (χ1n) is 7.62. The number of nitrogens with zero attached hydrogens (tertiary/aromatic N) is 1. The van der Waals surface area contributed by atoms with Crippen LogP contribution in [-0.4, -0.2) is 20.2 Å². The van der Waals surface area contributed by atoms with Crippen LogP contribution >= 0.6 is 0 Å². The molecular formula is C18H20N2O. The van der Waals surface area contributed by atoms with Crippen LogP contribution in [0.25, 0.3) is 0 Å². The van der Waals surface area contributed by atoms with E-state index >= 15 is 0 Å². The number of benzene rings is 2. The van der Waals surface area contributed by atoms with Crippen molar-refractivity contribution in [2.24, 2.45) is 0 Å². The summed E-state index contributed by atoms with van der Waals surface area (Å²) in [4.78, 5) is 2.33. The Kier molecular flexibility index (Phi) is 2.99. The lowest BCUT2D eigenvalue weighted by molar-refractivity contribution is 0.357. The number of hydrogen-bond donors (Lipinski definition) is 1. The highest BCUT2D eigenvalue weighted by Gasteiger charge is 2.15. The van der Waals surface area contributed by atoms with Gasteiger partial charge < -0.3 is 15.0 Å². The summed E-state index contributed by atoms with van der Waals surface area (Å²) in [5, 5.41) is 3.52. The number of ether oxygens (including phenoxy) is 1. The van der Waals surface area contributed by atoms with Gasteiger partial charge in [-0.15, -0.1) is 0 Å². The minimum atomic E-state index is 0.817. The van der Waals surface area contributed by atoms with Crippen LogP contribution in [-0.2, 0) is 19.4 Å². The van der Waals surface area contributed by atoms with Gasteiger partial charge >= 0.3 is 0 Å². The zero-order chi connectivity index (χ0) is 14.2. The number of likely N-dealkylation sites (N-methyl/N-ethyl adjacent to an activating group) is 1. The minimum absolute atomic E-state index is 0.817. The maximum absolute atomic E-state index is 5.54. The molecule has 0 radical (unpaired) electrons. The van der Waals surface area contributed by atoms with E-state index in [0.717, 1.165) is 38.3 Å². The van der Waals surface area contributed by atoms with E-state index in [1.165, 1.54) is 28.1 Å². The predicted octanol–water partition coefficient (Wildman–Crippen LogP) is 3.23. The average molecular weight is 280 g/mol. The third-order valence-corrected chi connectivity index (χ3v) is 4.46. The quantitative estimate of drug-likeness (QED) is 0.934. The Bertz CT molecular complexity index is 681. The molecule has 0 bridgehead atoms. The molecule has 1 N–H and O–H groups in total. The topological polar surface area (TPSA) is 24.5 Å². The van der Waals surface area contributed by atoms with Crippen molar-refractivity contribution in [2.45, 2.75) is 19.4 Å². The maximum atomic E-state index is 5.54. The van der Waals surface area contributed by atoms with Gasteiger partial charge in [-0.3, -0.25) is 0 Å². The van der Waals surface area contributed by atoms with Gasteiger partial charge in [0, 0.05) is 37.9 Å². The van der Waals surface area contributed by atoms with Gasteiger partial charge in [-0.1, -0.05) is 12.1 Å². The second-order valence-corrected chi connectivity index (χ2v) is 5.91. The largest absolute Gasteiger partial charge is 0.493 e. The van der Waals surface area contributed by atoms with Crippen LogP contribution in [0.5, 0.6) is 5.75 Å². The number of rotatable bonds is 3. The lowest BCUT2D eigenvalue weighted by atomic mass is 10.1. The first kappa shape index (κ1) is 12.6. The summed E-state index contributed by atoms with van der Waals surface area (Å²) in [7, 11) is 2.16. The molecule has 0 unspecified atom stereocenters. The molecular weight excluding hydrogens is 260 g/mol. The molecule has 0 saturated heterocycles. The summed E-state index contributed by atoms with van der Waals surface area (Å²) in [6, 6.07) is 13.2. The highest BCUT2D eigenvalue weighted by Crippen LogP contribution is 2.29. The van der Waals surface area contributed by atoms with E-state index in [9.17, 15) is 0 Å². The van der Waals surface area contributed by atoms with Crippen molar-refractivity contribution in [3.05, 3.63) is 53.1 Å². The van der Waals surface area contributed by atoms with Crippen molar-refractivity contribution in [3.8, 4) is 5.75 Å². The molecule has 2 aliphatic rings. The molecule has 0 amide bonds. The predicted molar refractivity (Wildman–Crippen MR) is 86.4 cm³/mol. The Hall–Kier alpha value is -2.16. The van der Waals surface area contributed by atoms with Crippen LogP contribution in [0.3, 0.4) is 0 Å². The van der Waals surface area contributed by atoms with E-state index in [1.807, 2.05) is 0 Å². The van der Waals surface area contributed by atoms with Gasteiger partial charge in [-0.05, 0) is 47.4 Å². The lowest BCUT2D eigenvalue weighted by Crippen LogP contribution is -2.12. The van der Waals surface area contributed by atoms with Crippen LogP contribution in [0.15, 0.2) is 36.4 Å². The zero-order valence-electron chi connectivity index (χ0n) is 12.4. The molecule has 0 spiro atoms. The molecule has 3 heteroatoms. The van der Waals surface area contributed by atoms with E-state index in [1.54, 1.807) is 0 Å². The van der Waals surface area contributed by atoms with Gasteiger partial charge in [0.05, 0.1) is 6.61 Å². The second kappa shape index (κ2) is 4.99. The number of fused-ring (bicyclic) bond motifs is 2. The average Bonchev–Trinajstić information content (AvgIpc) is 3.11. The van der Waals surface area contributed by atoms with Gasteiger partial charge in [0.1, 0.15) is 5.75 Å². The maximum Gasteiger partial charge on any atom is 0.122 e. The van der Waals surface area contributed by atoms with Gasteiger partial charge in [0.25, 0.3) is 0 Å². The highest BCUT2D eigenvalue weighted by atomic mass is 16.5. The summed E-state index contributed by atoms with van der Waals surface area (Å²) in [6.45, 7) is 2.82. The number of anilines is 2. The molecule has 0 aromatic heterocycles. The number of hydrogen-bond acceptors (Lipinski definition) is 3. The Balaban J connectivity index is 1.47. The molecule has 0 fully saturated rings. The Morgan fingerprint density at radius 1 is 1.10 bits per heavy atom. The molecule has 2 aromatic carbocycles. The molecule has 0 aliphatic carbocycles.